The Morgan fingerprint density at radius 3 is 2.39 bits per heavy atom. The van der Waals surface area contributed by atoms with E-state index in [0.717, 1.165) is 51.7 Å². The first kappa shape index (κ1) is 24.1. The number of nitrogens with zero attached hydrogens (tertiary/aromatic N) is 3. The molecule has 0 aromatic heterocycles. The van der Waals surface area contributed by atoms with Crippen molar-refractivity contribution < 1.29 is 9.59 Å². The fraction of sp³-hybridized carbons (Fsp3) is 0.704. The van der Waals surface area contributed by atoms with Crippen molar-refractivity contribution in [2.75, 3.05) is 47.3 Å². The molecule has 0 atom stereocenters. The Kier molecular flexibility index (Phi) is 7.32. The summed E-state index contributed by atoms with van der Waals surface area (Å²) in [5.74, 6) is 0.718. The predicted molar refractivity (Wildman–Crippen MR) is 132 cm³/mol. The molecule has 0 unspecified atom stereocenters. The van der Waals surface area contributed by atoms with Gasteiger partial charge < -0.3 is 20.0 Å². The maximum absolute atomic E-state index is 13.6. The Morgan fingerprint density at radius 2 is 1.82 bits per heavy atom. The highest BCUT2D eigenvalue weighted by Crippen LogP contribution is 2.49. The molecule has 1 aromatic rings. The van der Waals surface area contributed by atoms with Gasteiger partial charge in [0.15, 0.2) is 0 Å². The molecule has 1 aliphatic heterocycles. The lowest BCUT2D eigenvalue weighted by atomic mass is 9.63. The zero-order valence-electron chi connectivity index (χ0n) is 20.8. The van der Waals surface area contributed by atoms with Crippen LogP contribution in [0.15, 0.2) is 30.3 Å². The molecule has 4 rings (SSSR count). The molecule has 182 valence electrons. The summed E-state index contributed by atoms with van der Waals surface area (Å²) in [4.78, 5) is 31.9. The van der Waals surface area contributed by atoms with E-state index in [1.165, 1.54) is 24.8 Å². The van der Waals surface area contributed by atoms with E-state index in [4.69, 9.17) is 0 Å². The van der Waals surface area contributed by atoms with Gasteiger partial charge in [-0.2, -0.15) is 0 Å². The van der Waals surface area contributed by atoms with Crippen molar-refractivity contribution in [2.45, 2.75) is 68.7 Å². The summed E-state index contributed by atoms with van der Waals surface area (Å²) in [5.41, 5.74) is 1.53. The smallest absolute Gasteiger partial charge is 0.320 e. The highest BCUT2D eigenvalue weighted by molar-refractivity contribution is 5.79. The number of amides is 3. The average molecular weight is 455 g/mol. The summed E-state index contributed by atoms with van der Waals surface area (Å²) in [6.45, 7) is 3.45. The molecule has 6 heteroatoms. The van der Waals surface area contributed by atoms with Gasteiger partial charge in [-0.25, -0.2) is 4.79 Å². The Hall–Kier alpha value is -2.08. The quantitative estimate of drug-likeness (QED) is 0.616. The molecule has 2 saturated carbocycles. The van der Waals surface area contributed by atoms with Crippen molar-refractivity contribution in [3.05, 3.63) is 35.9 Å². The number of carbonyl (C=O) groups is 2. The topological polar surface area (TPSA) is 55.9 Å². The van der Waals surface area contributed by atoms with E-state index in [-0.39, 0.29) is 22.9 Å². The van der Waals surface area contributed by atoms with Gasteiger partial charge in [-0.3, -0.25) is 4.79 Å². The maximum atomic E-state index is 13.6. The van der Waals surface area contributed by atoms with Crippen LogP contribution in [0.1, 0.15) is 63.4 Å². The molecular formula is C27H42N4O2. The van der Waals surface area contributed by atoms with E-state index in [1.54, 1.807) is 7.05 Å². The molecule has 6 nitrogen and oxygen atoms in total. The highest BCUT2D eigenvalue weighted by atomic mass is 16.2. The molecule has 0 bridgehead atoms. The van der Waals surface area contributed by atoms with Crippen molar-refractivity contribution in [1.29, 1.82) is 0 Å². The van der Waals surface area contributed by atoms with Gasteiger partial charge in [-0.15, -0.1) is 0 Å². The fourth-order valence-corrected chi connectivity index (χ4v) is 6.37. The van der Waals surface area contributed by atoms with E-state index >= 15 is 0 Å². The van der Waals surface area contributed by atoms with Crippen molar-refractivity contribution in [2.24, 2.45) is 5.92 Å². The molecule has 2 aliphatic carbocycles. The minimum atomic E-state index is -0.0513. The van der Waals surface area contributed by atoms with Crippen LogP contribution in [-0.2, 0) is 10.2 Å². The van der Waals surface area contributed by atoms with Crippen molar-refractivity contribution in [3.8, 4) is 0 Å². The van der Waals surface area contributed by atoms with Crippen LogP contribution < -0.4 is 5.32 Å². The molecule has 3 amide bonds. The summed E-state index contributed by atoms with van der Waals surface area (Å²) in [7, 11) is 6.02. The highest BCUT2D eigenvalue weighted by Gasteiger charge is 2.54. The number of urea groups is 1. The number of hydrogen-bond acceptors (Lipinski definition) is 3. The number of hydrogen-bond donors (Lipinski definition) is 1. The summed E-state index contributed by atoms with van der Waals surface area (Å²) >= 11 is 0. The van der Waals surface area contributed by atoms with Gasteiger partial charge >= 0.3 is 6.03 Å². The van der Waals surface area contributed by atoms with E-state index in [1.807, 2.05) is 4.90 Å². The molecule has 33 heavy (non-hydrogen) atoms. The van der Waals surface area contributed by atoms with Gasteiger partial charge in [-0.05, 0) is 70.5 Å². The second-order valence-electron chi connectivity index (χ2n) is 11.0. The molecule has 1 N–H and O–H groups in total. The molecule has 1 spiro atoms. The second-order valence-corrected chi connectivity index (χ2v) is 11.0. The van der Waals surface area contributed by atoms with Crippen molar-refractivity contribution in [3.63, 3.8) is 0 Å². The third kappa shape index (κ3) is 5.06. The number of likely N-dealkylation sites (N-methyl/N-ethyl adjacent to an activating group) is 1. The third-order valence-corrected chi connectivity index (χ3v) is 8.48. The number of rotatable bonds is 9. The zero-order chi connectivity index (χ0) is 23.5. The van der Waals surface area contributed by atoms with Crippen molar-refractivity contribution >= 4 is 11.9 Å². The lowest BCUT2D eigenvalue weighted by Gasteiger charge is -2.50. The van der Waals surface area contributed by atoms with Crippen LogP contribution in [0.3, 0.4) is 0 Å². The second kappa shape index (κ2) is 10.0. The number of benzene rings is 1. The van der Waals surface area contributed by atoms with Crippen LogP contribution in [0.25, 0.3) is 0 Å². The Morgan fingerprint density at radius 1 is 1.12 bits per heavy atom. The normalized spacial score (nSPS) is 27.9. The Balaban J connectivity index is 1.51. The maximum Gasteiger partial charge on any atom is 0.320 e. The molecule has 1 heterocycles. The van der Waals surface area contributed by atoms with Gasteiger partial charge in [0, 0.05) is 45.1 Å². The summed E-state index contributed by atoms with van der Waals surface area (Å²) in [5, 5.41) is 2.69. The van der Waals surface area contributed by atoms with E-state index in [9.17, 15) is 9.59 Å². The van der Waals surface area contributed by atoms with Gasteiger partial charge in [0.25, 0.3) is 0 Å². The Labute approximate surface area is 199 Å². The largest absolute Gasteiger partial charge is 0.359 e. The van der Waals surface area contributed by atoms with Crippen LogP contribution in [0.4, 0.5) is 4.79 Å². The average Bonchev–Trinajstić information content (AvgIpc) is 3.03. The van der Waals surface area contributed by atoms with Crippen molar-refractivity contribution in [1.82, 2.24) is 20.0 Å². The van der Waals surface area contributed by atoms with Crippen LogP contribution in [0.2, 0.25) is 0 Å². The van der Waals surface area contributed by atoms with Gasteiger partial charge in [0.2, 0.25) is 5.91 Å². The van der Waals surface area contributed by atoms with Gasteiger partial charge in [0.1, 0.15) is 0 Å². The van der Waals surface area contributed by atoms with Gasteiger partial charge in [0.05, 0.1) is 5.54 Å². The first-order valence-corrected chi connectivity index (χ1v) is 12.8. The van der Waals surface area contributed by atoms with E-state index in [0.29, 0.717) is 18.9 Å². The predicted octanol–water partition coefficient (Wildman–Crippen LogP) is 3.86. The minimum Gasteiger partial charge on any atom is -0.359 e. The molecule has 3 aliphatic rings. The summed E-state index contributed by atoms with van der Waals surface area (Å²) < 4.78 is 0. The number of carbonyl (C=O) groups excluding carboxylic acids is 2. The van der Waals surface area contributed by atoms with Crippen LogP contribution in [-0.4, -0.2) is 79.5 Å². The molecule has 1 aromatic carbocycles. The Bertz CT molecular complexity index is 813. The molecule has 1 saturated heterocycles. The first-order chi connectivity index (χ1) is 15.9. The van der Waals surface area contributed by atoms with Crippen LogP contribution >= 0.6 is 0 Å². The monoisotopic (exact) mass is 454 g/mol. The summed E-state index contributed by atoms with van der Waals surface area (Å²) in [6.07, 6.45) is 9.35. The lowest BCUT2D eigenvalue weighted by molar-refractivity contribution is -0.120. The third-order valence-electron chi connectivity index (χ3n) is 8.48. The van der Waals surface area contributed by atoms with E-state index < -0.39 is 0 Å². The van der Waals surface area contributed by atoms with Crippen LogP contribution in [0, 0.1) is 5.92 Å². The standard InChI is InChI=1S/C27H42N4O2/c1-28-24(32)13-8-18-30-21-27(31(25(30)33)19-22-9-7-10-22)16-14-26(15-17-27,20-29(2)3)23-11-5-4-6-12-23/h4-6,11-12,22H,7-10,13-21H2,1-3H3,(H,28,32). The zero-order valence-corrected chi connectivity index (χ0v) is 20.8. The first-order valence-electron chi connectivity index (χ1n) is 12.8. The van der Waals surface area contributed by atoms with Crippen LogP contribution in [0.5, 0.6) is 0 Å². The van der Waals surface area contributed by atoms with E-state index in [2.05, 4.69) is 59.5 Å². The fourth-order valence-electron chi connectivity index (χ4n) is 6.37. The molecule has 3 fully saturated rings. The summed E-state index contributed by atoms with van der Waals surface area (Å²) in [6, 6.07) is 11.2. The molecule has 0 radical (unpaired) electrons. The van der Waals surface area contributed by atoms with Gasteiger partial charge in [-0.1, -0.05) is 36.8 Å². The lowest BCUT2D eigenvalue weighted by Crippen LogP contribution is -2.55. The molecular weight excluding hydrogens is 412 g/mol. The minimum absolute atomic E-state index is 0.0513. The SMILES string of the molecule is CNC(=O)CCCN1CC2(CCC(CN(C)C)(c3ccccc3)CC2)N(CC2CCC2)C1=O. The number of nitrogens with one attached hydrogen (secondary N) is 1.